The molecule has 2 aromatic carbocycles. The minimum absolute atomic E-state index is 0.217. The van der Waals surface area contributed by atoms with Crippen molar-refractivity contribution < 1.29 is 14.3 Å². The van der Waals surface area contributed by atoms with Gasteiger partial charge in [0.2, 0.25) is 0 Å². The molecule has 0 atom stereocenters. The van der Waals surface area contributed by atoms with Crippen molar-refractivity contribution in [1.29, 1.82) is 5.26 Å². The van der Waals surface area contributed by atoms with Crippen molar-refractivity contribution in [3.63, 3.8) is 0 Å². The van der Waals surface area contributed by atoms with Crippen LogP contribution in [-0.4, -0.2) is 39.4 Å². The van der Waals surface area contributed by atoms with Crippen LogP contribution >= 0.6 is 0 Å². The number of likely N-dealkylation sites (N-methyl/N-ethyl adjacent to an activating group) is 1. The molecule has 0 aromatic heterocycles. The van der Waals surface area contributed by atoms with E-state index >= 15 is 0 Å². The topological polar surface area (TPSA) is 87.3 Å². The van der Waals surface area contributed by atoms with Gasteiger partial charge in [-0.2, -0.15) is 15.5 Å². The highest BCUT2D eigenvalue weighted by molar-refractivity contribution is 5.86. The second kappa shape index (κ2) is 11.4. The first-order valence-corrected chi connectivity index (χ1v) is 9.13. The molecule has 0 amide bonds. The number of nitrogens with zero attached hydrogens (tertiary/aromatic N) is 4. The summed E-state index contributed by atoms with van der Waals surface area (Å²) in [6.07, 6.45) is 0. The van der Waals surface area contributed by atoms with Crippen molar-refractivity contribution in [2.75, 3.05) is 38.3 Å². The Balaban J connectivity index is 1.74. The van der Waals surface area contributed by atoms with E-state index < -0.39 is 5.97 Å². The van der Waals surface area contributed by atoms with Gasteiger partial charge >= 0.3 is 5.97 Å². The van der Waals surface area contributed by atoms with Crippen molar-refractivity contribution >= 4 is 23.0 Å². The highest BCUT2D eigenvalue weighted by atomic mass is 16.6. The molecule has 150 valence electrons. The zero-order valence-electron chi connectivity index (χ0n) is 16.7. The van der Waals surface area contributed by atoms with Crippen LogP contribution < -0.4 is 4.90 Å². The van der Waals surface area contributed by atoms with E-state index in [0.29, 0.717) is 36.6 Å². The van der Waals surface area contributed by atoms with Gasteiger partial charge in [0.15, 0.2) is 0 Å². The molecule has 0 aliphatic rings. The van der Waals surface area contributed by atoms with E-state index in [-0.39, 0.29) is 6.61 Å². The Morgan fingerprint density at radius 1 is 1.03 bits per heavy atom. The Bertz CT molecular complexity index is 884. The average Bonchev–Trinajstić information content (AvgIpc) is 2.75. The maximum Gasteiger partial charge on any atom is 0.333 e. The summed E-state index contributed by atoms with van der Waals surface area (Å²) in [6.45, 7) is 6.91. The van der Waals surface area contributed by atoms with Crippen molar-refractivity contribution in [2.24, 2.45) is 10.2 Å². The third-order valence-electron chi connectivity index (χ3n) is 3.95. The van der Waals surface area contributed by atoms with Gasteiger partial charge in [0.1, 0.15) is 6.61 Å². The smallest absolute Gasteiger partial charge is 0.333 e. The number of benzene rings is 2. The molecule has 2 aromatic rings. The van der Waals surface area contributed by atoms with E-state index in [4.69, 9.17) is 14.7 Å². The standard InChI is InChI=1S/C22H24N4O3/c1-17(2)22(27)29-15-14-28-13-12-26(3)21-10-8-20(9-11-21)25-24-19-6-4-18(16-23)5-7-19/h4-11H,1,12-15H2,2-3H3. The summed E-state index contributed by atoms with van der Waals surface area (Å²) in [5.74, 6) is -0.401. The second-order valence-electron chi connectivity index (χ2n) is 6.33. The summed E-state index contributed by atoms with van der Waals surface area (Å²) < 4.78 is 10.4. The number of nitriles is 1. The Labute approximate surface area is 170 Å². The SMILES string of the molecule is C=C(C)C(=O)OCCOCCN(C)c1ccc(N=Nc2ccc(C#N)cc2)cc1. The lowest BCUT2D eigenvalue weighted by Gasteiger charge is -2.19. The summed E-state index contributed by atoms with van der Waals surface area (Å²) in [7, 11) is 1.97. The molecular weight excluding hydrogens is 368 g/mol. The molecule has 0 unspecified atom stereocenters. The normalized spacial score (nSPS) is 10.5. The number of hydrogen-bond acceptors (Lipinski definition) is 7. The quantitative estimate of drug-likeness (QED) is 0.256. The molecular formula is C22H24N4O3. The Morgan fingerprint density at radius 2 is 1.62 bits per heavy atom. The number of hydrogen-bond donors (Lipinski definition) is 0. The second-order valence-corrected chi connectivity index (χ2v) is 6.33. The largest absolute Gasteiger partial charge is 0.460 e. The minimum Gasteiger partial charge on any atom is -0.460 e. The minimum atomic E-state index is -0.401. The molecule has 2 rings (SSSR count). The van der Waals surface area contributed by atoms with Gasteiger partial charge in [-0.25, -0.2) is 4.79 Å². The zero-order chi connectivity index (χ0) is 21.1. The fourth-order valence-corrected chi connectivity index (χ4v) is 2.24. The van der Waals surface area contributed by atoms with Gasteiger partial charge in [-0.3, -0.25) is 0 Å². The van der Waals surface area contributed by atoms with Gasteiger partial charge in [-0.1, -0.05) is 6.58 Å². The van der Waals surface area contributed by atoms with Gasteiger partial charge in [0.25, 0.3) is 0 Å². The van der Waals surface area contributed by atoms with Crippen LogP contribution in [0.4, 0.5) is 17.1 Å². The Morgan fingerprint density at radius 3 is 2.17 bits per heavy atom. The monoisotopic (exact) mass is 392 g/mol. The van der Waals surface area contributed by atoms with Crippen molar-refractivity contribution in [3.05, 3.63) is 66.2 Å². The molecule has 0 aliphatic carbocycles. The molecule has 29 heavy (non-hydrogen) atoms. The maximum atomic E-state index is 11.2. The van der Waals surface area contributed by atoms with E-state index in [1.54, 1.807) is 31.2 Å². The number of ether oxygens (including phenoxy) is 2. The summed E-state index contributed by atoms with van der Waals surface area (Å²) in [4.78, 5) is 13.3. The third-order valence-corrected chi connectivity index (χ3v) is 3.95. The predicted molar refractivity (Wildman–Crippen MR) is 112 cm³/mol. The van der Waals surface area contributed by atoms with E-state index in [1.807, 2.05) is 31.3 Å². The molecule has 0 saturated carbocycles. The lowest BCUT2D eigenvalue weighted by atomic mass is 10.2. The molecule has 7 nitrogen and oxygen atoms in total. The molecule has 0 aliphatic heterocycles. The van der Waals surface area contributed by atoms with Crippen LogP contribution in [0.15, 0.2) is 70.9 Å². The fourth-order valence-electron chi connectivity index (χ4n) is 2.24. The third kappa shape index (κ3) is 7.56. The van der Waals surface area contributed by atoms with Crippen LogP contribution in [0.1, 0.15) is 12.5 Å². The fraction of sp³-hybridized carbons (Fsp3) is 0.273. The summed E-state index contributed by atoms with van der Waals surface area (Å²) in [6, 6.07) is 16.7. The summed E-state index contributed by atoms with van der Waals surface area (Å²) in [5.41, 5.74) is 3.43. The summed E-state index contributed by atoms with van der Waals surface area (Å²) >= 11 is 0. The van der Waals surface area contributed by atoms with E-state index in [2.05, 4.69) is 27.8 Å². The van der Waals surface area contributed by atoms with Gasteiger partial charge in [0.05, 0.1) is 36.2 Å². The van der Waals surface area contributed by atoms with Gasteiger partial charge in [-0.15, -0.1) is 0 Å². The average molecular weight is 392 g/mol. The first-order chi connectivity index (χ1) is 14.0. The Kier molecular flexibility index (Phi) is 8.54. The number of carbonyl (C=O) groups excluding carboxylic acids is 1. The van der Waals surface area contributed by atoms with Crippen LogP contribution in [0.5, 0.6) is 0 Å². The molecule has 0 N–H and O–H groups in total. The van der Waals surface area contributed by atoms with Crippen molar-refractivity contribution in [2.45, 2.75) is 6.92 Å². The molecule has 0 radical (unpaired) electrons. The van der Waals surface area contributed by atoms with Crippen LogP contribution in [0.25, 0.3) is 0 Å². The molecule has 7 heteroatoms. The van der Waals surface area contributed by atoms with Crippen molar-refractivity contribution in [3.8, 4) is 6.07 Å². The molecule has 0 spiro atoms. The number of azo groups is 1. The van der Waals surface area contributed by atoms with Crippen LogP contribution in [0, 0.1) is 11.3 Å². The van der Waals surface area contributed by atoms with Crippen molar-refractivity contribution in [1.82, 2.24) is 0 Å². The van der Waals surface area contributed by atoms with Crippen LogP contribution in [0.3, 0.4) is 0 Å². The highest BCUT2D eigenvalue weighted by Gasteiger charge is 2.03. The van der Waals surface area contributed by atoms with E-state index in [0.717, 1.165) is 11.4 Å². The first-order valence-electron chi connectivity index (χ1n) is 9.13. The molecule has 0 saturated heterocycles. The molecule has 0 bridgehead atoms. The van der Waals surface area contributed by atoms with Gasteiger partial charge in [0, 0.05) is 24.9 Å². The van der Waals surface area contributed by atoms with Gasteiger partial charge < -0.3 is 14.4 Å². The number of carbonyl (C=O) groups is 1. The van der Waals surface area contributed by atoms with E-state index in [1.165, 1.54) is 0 Å². The summed E-state index contributed by atoms with van der Waals surface area (Å²) in [5, 5.41) is 17.2. The maximum absolute atomic E-state index is 11.2. The molecule has 0 heterocycles. The lowest BCUT2D eigenvalue weighted by Crippen LogP contribution is -2.23. The zero-order valence-corrected chi connectivity index (χ0v) is 16.7. The van der Waals surface area contributed by atoms with Crippen LogP contribution in [-0.2, 0) is 14.3 Å². The number of esters is 1. The van der Waals surface area contributed by atoms with Gasteiger partial charge in [-0.05, 0) is 55.5 Å². The number of anilines is 1. The van der Waals surface area contributed by atoms with Crippen LogP contribution in [0.2, 0.25) is 0 Å². The van der Waals surface area contributed by atoms with E-state index in [9.17, 15) is 4.79 Å². The highest BCUT2D eigenvalue weighted by Crippen LogP contribution is 2.22. The predicted octanol–water partition coefficient (Wildman–Crippen LogP) is 4.55. The lowest BCUT2D eigenvalue weighted by molar-refractivity contribution is -0.140. The Hall–Kier alpha value is -3.50. The number of rotatable bonds is 10. The first kappa shape index (κ1) is 21.8. The molecule has 0 fully saturated rings.